The number of urea groups is 1. The van der Waals surface area contributed by atoms with Crippen LogP contribution < -0.4 is 19.7 Å². The van der Waals surface area contributed by atoms with E-state index >= 15 is 0 Å². The summed E-state index contributed by atoms with van der Waals surface area (Å²) in [6.45, 7) is 0. The van der Waals surface area contributed by atoms with Gasteiger partial charge < -0.3 is 9.47 Å². The summed E-state index contributed by atoms with van der Waals surface area (Å²) < 4.78 is 10.5. The molecule has 0 unspecified atom stereocenters. The van der Waals surface area contributed by atoms with Crippen molar-refractivity contribution in [2.24, 2.45) is 0 Å². The fourth-order valence-electron chi connectivity index (χ4n) is 2.69. The molecule has 0 radical (unpaired) electrons. The van der Waals surface area contributed by atoms with Crippen LogP contribution in [0.15, 0.2) is 48.0 Å². The van der Waals surface area contributed by atoms with Gasteiger partial charge >= 0.3 is 6.03 Å². The van der Waals surface area contributed by atoms with Crippen molar-refractivity contribution in [3.63, 3.8) is 0 Å². The molecule has 1 heterocycles. The van der Waals surface area contributed by atoms with Crippen molar-refractivity contribution >= 4 is 41.2 Å². The molecule has 1 N–H and O–H groups in total. The fourth-order valence-corrected chi connectivity index (χ4v) is 2.91. The maximum absolute atomic E-state index is 12.9. The van der Waals surface area contributed by atoms with Gasteiger partial charge in [0.2, 0.25) is 0 Å². The smallest absolute Gasteiger partial charge is 0.335 e. The first-order chi connectivity index (χ1) is 13.0. The fraction of sp³-hybridized carbons (Fsp3) is 0.105. The van der Waals surface area contributed by atoms with Crippen LogP contribution in [-0.2, 0) is 9.59 Å². The average molecular weight is 387 g/mol. The molecule has 1 aliphatic heterocycles. The molecule has 0 spiro atoms. The first kappa shape index (κ1) is 18.5. The first-order valence-corrected chi connectivity index (χ1v) is 8.22. The van der Waals surface area contributed by atoms with E-state index in [4.69, 9.17) is 21.1 Å². The number of hydrogen-bond acceptors (Lipinski definition) is 5. The Kier molecular flexibility index (Phi) is 5.14. The van der Waals surface area contributed by atoms with E-state index in [1.807, 2.05) is 0 Å². The molecule has 8 heteroatoms. The second kappa shape index (κ2) is 7.51. The molecular formula is C19H15ClN2O5. The molecule has 0 aromatic heterocycles. The van der Waals surface area contributed by atoms with Crippen molar-refractivity contribution in [2.75, 3.05) is 19.1 Å². The third-order valence-electron chi connectivity index (χ3n) is 3.93. The van der Waals surface area contributed by atoms with Crippen molar-refractivity contribution in [2.45, 2.75) is 0 Å². The zero-order chi connectivity index (χ0) is 19.6. The van der Waals surface area contributed by atoms with Crippen molar-refractivity contribution < 1.29 is 23.9 Å². The van der Waals surface area contributed by atoms with E-state index < -0.39 is 17.8 Å². The molecule has 4 amide bonds. The number of nitrogens with zero attached hydrogens (tertiary/aromatic N) is 1. The van der Waals surface area contributed by atoms with E-state index in [-0.39, 0.29) is 16.3 Å². The largest absolute Gasteiger partial charge is 0.493 e. The topological polar surface area (TPSA) is 84.9 Å². The summed E-state index contributed by atoms with van der Waals surface area (Å²) in [6, 6.07) is 10.5. The molecule has 138 valence electrons. The van der Waals surface area contributed by atoms with Crippen LogP contribution in [0.4, 0.5) is 10.5 Å². The minimum atomic E-state index is -0.868. The van der Waals surface area contributed by atoms with Crippen LogP contribution in [0.25, 0.3) is 6.08 Å². The Morgan fingerprint density at radius 1 is 1.00 bits per heavy atom. The SMILES string of the molecule is COc1cccc(/C=C2\C(=O)NC(=O)N(c3ccccc3Cl)C2=O)c1OC. The third-order valence-corrected chi connectivity index (χ3v) is 4.25. The lowest BCUT2D eigenvalue weighted by Crippen LogP contribution is -2.54. The Morgan fingerprint density at radius 3 is 2.41 bits per heavy atom. The number of barbiturate groups is 1. The first-order valence-electron chi connectivity index (χ1n) is 7.85. The standard InChI is InChI=1S/C19H15ClN2O5/c1-26-15-9-5-6-11(16(15)27-2)10-12-17(23)21-19(25)22(18(12)24)14-8-4-3-7-13(14)20/h3-10H,1-2H3,(H,21,23,25)/b12-10+. The Balaban J connectivity index is 2.09. The lowest BCUT2D eigenvalue weighted by atomic mass is 10.1. The third kappa shape index (κ3) is 3.37. The number of imide groups is 2. The molecule has 0 atom stereocenters. The highest BCUT2D eigenvalue weighted by Crippen LogP contribution is 2.33. The lowest BCUT2D eigenvalue weighted by molar-refractivity contribution is -0.122. The summed E-state index contributed by atoms with van der Waals surface area (Å²) >= 11 is 6.10. The van der Waals surface area contributed by atoms with E-state index in [0.29, 0.717) is 17.1 Å². The molecule has 27 heavy (non-hydrogen) atoms. The molecule has 2 aromatic carbocycles. The number of rotatable bonds is 4. The molecule has 1 saturated heterocycles. The van der Waals surface area contributed by atoms with E-state index in [9.17, 15) is 14.4 Å². The normalized spacial score (nSPS) is 15.7. The zero-order valence-corrected chi connectivity index (χ0v) is 15.2. The van der Waals surface area contributed by atoms with Crippen LogP contribution in [0.3, 0.4) is 0 Å². The summed E-state index contributed by atoms with van der Waals surface area (Å²) in [4.78, 5) is 38.2. The predicted octanol–water partition coefficient (Wildman–Crippen LogP) is 3.02. The zero-order valence-electron chi connectivity index (χ0n) is 14.5. The number of methoxy groups -OCH3 is 2. The van der Waals surface area contributed by atoms with Crippen LogP contribution in [0, 0.1) is 0 Å². The molecule has 2 aromatic rings. The van der Waals surface area contributed by atoms with Crippen LogP contribution in [0.5, 0.6) is 11.5 Å². The summed E-state index contributed by atoms with van der Waals surface area (Å²) in [5, 5.41) is 2.35. The maximum atomic E-state index is 12.9. The number of halogens is 1. The van der Waals surface area contributed by atoms with Gasteiger partial charge in [0.15, 0.2) is 11.5 Å². The van der Waals surface area contributed by atoms with Crippen LogP contribution >= 0.6 is 11.6 Å². The average Bonchev–Trinajstić information content (AvgIpc) is 2.66. The Morgan fingerprint density at radius 2 is 1.74 bits per heavy atom. The number of carbonyl (C=O) groups excluding carboxylic acids is 3. The van der Waals surface area contributed by atoms with Gasteiger partial charge in [0.25, 0.3) is 11.8 Å². The van der Waals surface area contributed by atoms with Gasteiger partial charge in [-0.1, -0.05) is 35.9 Å². The molecule has 1 fully saturated rings. The van der Waals surface area contributed by atoms with Crippen LogP contribution in [0.1, 0.15) is 5.56 Å². The number of hydrogen-bond donors (Lipinski definition) is 1. The number of anilines is 1. The molecule has 0 saturated carbocycles. The van der Waals surface area contributed by atoms with Gasteiger partial charge in [-0.25, -0.2) is 9.69 Å². The molecule has 0 bridgehead atoms. The predicted molar refractivity (Wildman–Crippen MR) is 100.0 cm³/mol. The van der Waals surface area contributed by atoms with Crippen molar-refractivity contribution in [3.05, 3.63) is 58.6 Å². The molecule has 7 nitrogen and oxygen atoms in total. The van der Waals surface area contributed by atoms with Gasteiger partial charge in [0.1, 0.15) is 5.57 Å². The summed E-state index contributed by atoms with van der Waals surface area (Å²) in [5.41, 5.74) is 0.391. The number of benzene rings is 2. The van der Waals surface area contributed by atoms with Crippen LogP contribution in [-0.4, -0.2) is 32.1 Å². The highest BCUT2D eigenvalue weighted by Gasteiger charge is 2.37. The van der Waals surface area contributed by atoms with Gasteiger partial charge in [-0.15, -0.1) is 0 Å². The Hall–Kier alpha value is -3.32. The summed E-state index contributed by atoms with van der Waals surface area (Å²) in [5.74, 6) is -0.802. The number of nitrogens with one attached hydrogen (secondary N) is 1. The summed E-state index contributed by atoms with van der Waals surface area (Å²) in [7, 11) is 2.92. The van der Waals surface area contributed by atoms with E-state index in [2.05, 4.69) is 5.32 Å². The quantitative estimate of drug-likeness (QED) is 0.645. The second-order valence-electron chi connectivity index (χ2n) is 5.49. The number of para-hydroxylation sites is 2. The van der Waals surface area contributed by atoms with Gasteiger partial charge in [-0.05, 0) is 24.3 Å². The van der Waals surface area contributed by atoms with Crippen LogP contribution in [0.2, 0.25) is 5.02 Å². The molecule has 3 rings (SSSR count). The highest BCUT2D eigenvalue weighted by molar-refractivity contribution is 6.42. The van der Waals surface area contributed by atoms with Crippen molar-refractivity contribution in [1.82, 2.24) is 5.32 Å². The maximum Gasteiger partial charge on any atom is 0.335 e. The minimum absolute atomic E-state index is 0.178. The van der Waals surface area contributed by atoms with E-state index in [0.717, 1.165) is 4.90 Å². The van der Waals surface area contributed by atoms with E-state index in [1.165, 1.54) is 26.4 Å². The van der Waals surface area contributed by atoms with E-state index in [1.54, 1.807) is 36.4 Å². The molecule has 1 aliphatic rings. The highest BCUT2D eigenvalue weighted by atomic mass is 35.5. The number of carbonyl (C=O) groups is 3. The minimum Gasteiger partial charge on any atom is -0.493 e. The Labute approximate surface area is 160 Å². The van der Waals surface area contributed by atoms with Crippen molar-refractivity contribution in [1.29, 1.82) is 0 Å². The summed E-state index contributed by atoms with van der Waals surface area (Å²) in [6.07, 6.45) is 1.34. The monoisotopic (exact) mass is 386 g/mol. The molecular weight excluding hydrogens is 372 g/mol. The number of ether oxygens (including phenoxy) is 2. The Bertz CT molecular complexity index is 970. The lowest BCUT2D eigenvalue weighted by Gasteiger charge is -2.27. The van der Waals surface area contributed by atoms with Crippen molar-refractivity contribution in [3.8, 4) is 11.5 Å². The number of amides is 4. The van der Waals surface area contributed by atoms with Gasteiger partial charge in [0.05, 0.1) is 24.9 Å². The van der Waals surface area contributed by atoms with Gasteiger partial charge in [-0.3, -0.25) is 14.9 Å². The second-order valence-corrected chi connectivity index (χ2v) is 5.90. The van der Waals surface area contributed by atoms with Gasteiger partial charge in [-0.2, -0.15) is 0 Å². The molecule has 0 aliphatic carbocycles. The van der Waals surface area contributed by atoms with Gasteiger partial charge in [0, 0.05) is 5.56 Å².